The maximum atomic E-state index is 11.8. The average molecular weight is 528 g/mol. The van der Waals surface area contributed by atoms with E-state index >= 15 is 0 Å². The smallest absolute Gasteiger partial charge is 0.373 e. The van der Waals surface area contributed by atoms with Gasteiger partial charge in [0.15, 0.2) is 0 Å². The minimum Gasteiger partial charge on any atom is -0.462 e. The SMILES string of the molecule is Brc1cccs1.CCOC(=O)C(F)F.O=C(c1ccc(Br)s1)C(F)F. The van der Waals surface area contributed by atoms with E-state index < -0.39 is 24.6 Å². The Bertz CT molecular complexity index is 634. The fourth-order valence-electron chi connectivity index (χ4n) is 1.02. The van der Waals surface area contributed by atoms with Crippen molar-refractivity contribution in [3.05, 3.63) is 42.1 Å². The topological polar surface area (TPSA) is 43.4 Å². The first-order valence-electron chi connectivity index (χ1n) is 6.40. The Morgan fingerprint density at radius 1 is 1.08 bits per heavy atom. The van der Waals surface area contributed by atoms with Gasteiger partial charge in [-0.2, -0.15) is 8.78 Å². The Labute approximate surface area is 166 Å². The maximum absolute atomic E-state index is 11.8. The van der Waals surface area contributed by atoms with Crippen molar-refractivity contribution in [1.29, 1.82) is 0 Å². The van der Waals surface area contributed by atoms with Crippen molar-refractivity contribution >= 4 is 66.3 Å². The molecule has 3 nitrogen and oxygen atoms in total. The molecule has 25 heavy (non-hydrogen) atoms. The fourth-order valence-corrected chi connectivity index (χ4v) is 3.27. The number of ketones is 1. The largest absolute Gasteiger partial charge is 0.462 e. The Hall–Kier alpha value is -0.780. The number of carbonyl (C=O) groups is 2. The highest BCUT2D eigenvalue weighted by atomic mass is 79.9. The predicted octanol–water partition coefficient (Wildman–Crippen LogP) is 6.28. The van der Waals surface area contributed by atoms with Crippen LogP contribution in [0.15, 0.2) is 37.2 Å². The van der Waals surface area contributed by atoms with Crippen LogP contribution in [0.2, 0.25) is 0 Å². The summed E-state index contributed by atoms with van der Waals surface area (Å²) in [5.41, 5.74) is 0. The van der Waals surface area contributed by atoms with Gasteiger partial charge in [0.25, 0.3) is 0 Å². The van der Waals surface area contributed by atoms with Crippen LogP contribution in [0.3, 0.4) is 0 Å². The second-order valence-electron chi connectivity index (χ2n) is 3.74. The number of thiophene rings is 2. The molecule has 0 aliphatic carbocycles. The minimum atomic E-state index is -2.99. The number of carbonyl (C=O) groups excluding carboxylic acids is 2. The molecule has 0 atom stereocenters. The van der Waals surface area contributed by atoms with Crippen molar-refractivity contribution in [3.63, 3.8) is 0 Å². The van der Waals surface area contributed by atoms with E-state index in [4.69, 9.17) is 0 Å². The van der Waals surface area contributed by atoms with Crippen molar-refractivity contribution in [1.82, 2.24) is 0 Å². The number of hydrogen-bond acceptors (Lipinski definition) is 5. The lowest BCUT2D eigenvalue weighted by Crippen LogP contribution is -2.13. The highest BCUT2D eigenvalue weighted by Crippen LogP contribution is 2.23. The Kier molecular flexibility index (Phi) is 13.0. The summed E-state index contributed by atoms with van der Waals surface area (Å²) in [5, 5.41) is 2.03. The number of alkyl halides is 4. The van der Waals surface area contributed by atoms with Crippen molar-refractivity contribution in [3.8, 4) is 0 Å². The molecule has 2 aromatic rings. The van der Waals surface area contributed by atoms with E-state index in [-0.39, 0.29) is 11.5 Å². The summed E-state index contributed by atoms with van der Waals surface area (Å²) in [6.07, 6.45) is -5.89. The molecule has 0 fully saturated rings. The first kappa shape index (κ1) is 24.2. The van der Waals surface area contributed by atoms with Crippen LogP contribution in [-0.2, 0) is 9.53 Å². The van der Waals surface area contributed by atoms with Gasteiger partial charge in [-0.25, -0.2) is 13.6 Å². The zero-order chi connectivity index (χ0) is 19.4. The molecule has 140 valence electrons. The van der Waals surface area contributed by atoms with Crippen LogP contribution in [-0.4, -0.2) is 31.2 Å². The standard InChI is InChI=1S/C6H3BrF2OS.C4H3BrS.C4H6F2O2/c7-4-2-1-3(11-4)5(10)6(8)9;5-4-2-1-3-6-4;1-2-8-4(7)3(5)6/h1-2,6H;1-3H;3H,2H2,1H3. The highest BCUT2D eigenvalue weighted by molar-refractivity contribution is 9.11. The molecule has 0 aliphatic rings. The molecule has 0 saturated heterocycles. The first-order valence-corrected chi connectivity index (χ1v) is 9.68. The number of esters is 1. The molecule has 0 aliphatic heterocycles. The lowest BCUT2D eigenvalue weighted by molar-refractivity contribution is -0.155. The molecule has 0 spiro atoms. The van der Waals surface area contributed by atoms with Gasteiger partial charge in [-0.3, -0.25) is 4.79 Å². The molecular formula is C14H12Br2F4O3S2. The fraction of sp³-hybridized carbons (Fsp3) is 0.286. The third kappa shape index (κ3) is 11.4. The third-order valence-electron chi connectivity index (χ3n) is 1.97. The van der Waals surface area contributed by atoms with Crippen LogP contribution in [0.5, 0.6) is 0 Å². The van der Waals surface area contributed by atoms with E-state index in [1.165, 1.54) is 16.8 Å². The Morgan fingerprint density at radius 3 is 1.96 bits per heavy atom. The van der Waals surface area contributed by atoms with Crippen LogP contribution < -0.4 is 0 Å². The van der Waals surface area contributed by atoms with Gasteiger partial charge >= 0.3 is 18.8 Å². The number of hydrogen-bond donors (Lipinski definition) is 0. The Balaban J connectivity index is 0.000000363. The number of rotatable bonds is 4. The van der Waals surface area contributed by atoms with E-state index in [0.29, 0.717) is 3.79 Å². The van der Waals surface area contributed by atoms with Crippen LogP contribution in [0.4, 0.5) is 17.6 Å². The molecule has 2 rings (SSSR count). The van der Waals surface area contributed by atoms with Gasteiger partial charge in [-0.1, -0.05) is 6.07 Å². The van der Waals surface area contributed by atoms with Gasteiger partial charge in [-0.15, -0.1) is 22.7 Å². The Morgan fingerprint density at radius 2 is 1.72 bits per heavy atom. The second-order valence-corrected chi connectivity index (χ2v) is 8.53. The van der Waals surface area contributed by atoms with Crippen molar-refractivity contribution in [2.45, 2.75) is 19.8 Å². The first-order chi connectivity index (χ1) is 11.7. The maximum Gasteiger partial charge on any atom is 0.373 e. The van der Waals surface area contributed by atoms with E-state index in [1.54, 1.807) is 17.4 Å². The summed E-state index contributed by atoms with van der Waals surface area (Å²) in [7, 11) is 0. The highest BCUT2D eigenvalue weighted by Gasteiger charge is 2.19. The summed E-state index contributed by atoms with van der Waals surface area (Å²) < 4.78 is 51.6. The van der Waals surface area contributed by atoms with E-state index in [0.717, 1.165) is 11.3 Å². The second kappa shape index (κ2) is 13.4. The third-order valence-corrected chi connectivity index (χ3v) is 5.08. The lowest BCUT2D eigenvalue weighted by Gasteiger charge is -1.96. The van der Waals surface area contributed by atoms with Crippen molar-refractivity contribution in [2.24, 2.45) is 0 Å². The van der Waals surface area contributed by atoms with Gasteiger partial charge in [0.05, 0.1) is 19.1 Å². The number of halogens is 6. The van der Waals surface area contributed by atoms with Crippen LogP contribution in [0.1, 0.15) is 16.6 Å². The van der Waals surface area contributed by atoms with Crippen molar-refractivity contribution in [2.75, 3.05) is 6.61 Å². The van der Waals surface area contributed by atoms with Gasteiger partial charge < -0.3 is 4.74 Å². The molecular weight excluding hydrogens is 516 g/mol. The molecule has 0 amide bonds. The summed E-state index contributed by atoms with van der Waals surface area (Å²) in [6, 6.07) is 6.98. The zero-order valence-electron chi connectivity index (χ0n) is 12.6. The summed E-state index contributed by atoms with van der Waals surface area (Å²) in [6.45, 7) is 1.48. The quantitative estimate of drug-likeness (QED) is 0.267. The molecule has 11 heteroatoms. The van der Waals surface area contributed by atoms with Gasteiger partial charge in [0.1, 0.15) is 0 Å². The van der Waals surface area contributed by atoms with Crippen LogP contribution in [0, 0.1) is 0 Å². The van der Waals surface area contributed by atoms with E-state index in [2.05, 4.69) is 36.6 Å². The van der Waals surface area contributed by atoms with Crippen LogP contribution >= 0.6 is 54.5 Å². The minimum absolute atomic E-state index is 0.00315. The summed E-state index contributed by atoms with van der Waals surface area (Å²) >= 11 is 9.08. The molecule has 0 unspecified atom stereocenters. The van der Waals surface area contributed by atoms with Crippen molar-refractivity contribution < 1.29 is 31.9 Å². The molecule has 0 saturated carbocycles. The molecule has 0 N–H and O–H groups in total. The van der Waals surface area contributed by atoms with E-state index in [9.17, 15) is 27.2 Å². The monoisotopic (exact) mass is 526 g/mol. The summed E-state index contributed by atoms with van der Waals surface area (Å²) in [5.74, 6) is -2.56. The molecule has 0 radical (unpaired) electrons. The van der Waals surface area contributed by atoms with E-state index in [1.807, 2.05) is 17.5 Å². The zero-order valence-corrected chi connectivity index (χ0v) is 17.4. The average Bonchev–Trinajstić information content (AvgIpc) is 3.19. The lowest BCUT2D eigenvalue weighted by atomic mass is 10.3. The molecule has 0 aromatic carbocycles. The number of ether oxygens (including phenoxy) is 1. The molecule has 0 bridgehead atoms. The van der Waals surface area contributed by atoms with Gasteiger partial charge in [0.2, 0.25) is 5.78 Å². The van der Waals surface area contributed by atoms with Gasteiger partial charge in [0, 0.05) is 0 Å². The van der Waals surface area contributed by atoms with Gasteiger partial charge in [-0.05, 0) is 62.4 Å². The summed E-state index contributed by atoms with van der Waals surface area (Å²) in [4.78, 5) is 20.5. The molecule has 2 aromatic heterocycles. The van der Waals surface area contributed by atoms with Crippen LogP contribution in [0.25, 0.3) is 0 Å². The number of Topliss-reactive ketones (excluding diaryl/α,β-unsaturated/α-hetero) is 1. The molecule has 2 heterocycles. The normalized spacial score (nSPS) is 9.80. The predicted molar refractivity (Wildman–Crippen MR) is 97.0 cm³/mol.